The molecule has 1 saturated carbocycles. The predicted molar refractivity (Wildman–Crippen MR) is 74.2 cm³/mol. The molecule has 1 aromatic rings. The molecular weight excluding hydrogens is 206 g/mol. The van der Waals surface area contributed by atoms with E-state index in [1.165, 1.54) is 36.8 Å². The van der Waals surface area contributed by atoms with Gasteiger partial charge < -0.3 is 5.32 Å². The Hall–Kier alpha value is -0.820. The minimum atomic E-state index is 0.654. The van der Waals surface area contributed by atoms with Crippen molar-refractivity contribution in [3.05, 3.63) is 35.4 Å². The molecule has 1 N–H and O–H groups in total. The molecule has 3 unspecified atom stereocenters. The number of nitrogens with one attached hydrogen (secondary N) is 1. The molecule has 1 aliphatic rings. The second-order valence-corrected chi connectivity index (χ2v) is 5.70. The quantitative estimate of drug-likeness (QED) is 0.835. The van der Waals surface area contributed by atoms with E-state index in [0.717, 1.165) is 11.8 Å². The summed E-state index contributed by atoms with van der Waals surface area (Å²) in [6, 6.07) is 9.44. The normalized spacial score (nSPS) is 26.1. The first-order valence-electron chi connectivity index (χ1n) is 6.92. The first kappa shape index (κ1) is 12.6. The predicted octanol–water partition coefficient (Wildman–Crippen LogP) is 3.56. The number of rotatable bonds is 4. The van der Waals surface area contributed by atoms with Crippen molar-refractivity contribution >= 4 is 0 Å². The third-order valence-electron chi connectivity index (χ3n) is 4.38. The van der Waals surface area contributed by atoms with Gasteiger partial charge in [0.05, 0.1) is 0 Å². The molecule has 94 valence electrons. The van der Waals surface area contributed by atoms with Crippen LogP contribution in [-0.2, 0) is 6.42 Å². The summed E-state index contributed by atoms with van der Waals surface area (Å²) in [5.74, 6) is 1.79. The molecule has 0 saturated heterocycles. The molecule has 0 spiro atoms. The van der Waals surface area contributed by atoms with Gasteiger partial charge in [-0.2, -0.15) is 0 Å². The summed E-state index contributed by atoms with van der Waals surface area (Å²) in [6.45, 7) is 4.61. The summed E-state index contributed by atoms with van der Waals surface area (Å²) in [4.78, 5) is 0. The van der Waals surface area contributed by atoms with Crippen molar-refractivity contribution in [2.45, 2.75) is 45.6 Å². The molecule has 0 heterocycles. The van der Waals surface area contributed by atoms with Crippen molar-refractivity contribution in [3.63, 3.8) is 0 Å². The van der Waals surface area contributed by atoms with Crippen LogP contribution < -0.4 is 5.32 Å². The van der Waals surface area contributed by atoms with E-state index in [2.05, 4.69) is 50.5 Å². The average molecular weight is 231 g/mol. The SMILES string of the molecule is CNC(Cc1ccccc1C)C1CCC(C)C1. The van der Waals surface area contributed by atoms with Crippen LogP contribution in [0.2, 0.25) is 0 Å². The monoisotopic (exact) mass is 231 g/mol. The van der Waals surface area contributed by atoms with E-state index in [1.807, 2.05) is 0 Å². The first-order valence-corrected chi connectivity index (χ1v) is 6.92. The van der Waals surface area contributed by atoms with E-state index in [1.54, 1.807) is 0 Å². The molecule has 2 rings (SSSR count). The summed E-state index contributed by atoms with van der Waals surface area (Å²) in [5, 5.41) is 3.54. The highest BCUT2D eigenvalue weighted by Gasteiger charge is 2.27. The van der Waals surface area contributed by atoms with Crippen molar-refractivity contribution in [2.75, 3.05) is 7.05 Å². The fourth-order valence-electron chi connectivity index (χ4n) is 3.20. The Labute approximate surface area is 106 Å². The van der Waals surface area contributed by atoms with Crippen LogP contribution in [0.1, 0.15) is 37.3 Å². The third-order valence-corrected chi connectivity index (χ3v) is 4.38. The second kappa shape index (κ2) is 5.68. The summed E-state index contributed by atoms with van der Waals surface area (Å²) in [5.41, 5.74) is 2.94. The van der Waals surface area contributed by atoms with Crippen LogP contribution in [0.3, 0.4) is 0 Å². The largest absolute Gasteiger partial charge is 0.316 e. The Bertz CT molecular complexity index is 358. The van der Waals surface area contributed by atoms with E-state index in [4.69, 9.17) is 0 Å². The van der Waals surface area contributed by atoms with Gasteiger partial charge in [-0.05, 0) is 56.2 Å². The van der Waals surface area contributed by atoms with Gasteiger partial charge in [0.25, 0.3) is 0 Å². The minimum absolute atomic E-state index is 0.654. The lowest BCUT2D eigenvalue weighted by molar-refractivity contribution is 0.367. The van der Waals surface area contributed by atoms with Gasteiger partial charge >= 0.3 is 0 Å². The van der Waals surface area contributed by atoms with Crippen LogP contribution in [0.15, 0.2) is 24.3 Å². The number of aryl methyl sites for hydroxylation is 1. The van der Waals surface area contributed by atoms with Gasteiger partial charge in [0, 0.05) is 6.04 Å². The molecular formula is C16H25N. The smallest absolute Gasteiger partial charge is 0.0133 e. The van der Waals surface area contributed by atoms with Crippen LogP contribution in [0.5, 0.6) is 0 Å². The lowest BCUT2D eigenvalue weighted by atomic mass is 9.90. The lowest BCUT2D eigenvalue weighted by Gasteiger charge is -2.24. The topological polar surface area (TPSA) is 12.0 Å². The molecule has 3 atom stereocenters. The zero-order valence-electron chi connectivity index (χ0n) is 11.4. The Morgan fingerprint density at radius 1 is 1.29 bits per heavy atom. The molecule has 1 fully saturated rings. The Balaban J connectivity index is 2.03. The highest BCUT2D eigenvalue weighted by atomic mass is 14.9. The molecule has 0 aliphatic heterocycles. The van der Waals surface area contributed by atoms with Gasteiger partial charge in [0.15, 0.2) is 0 Å². The van der Waals surface area contributed by atoms with Gasteiger partial charge in [-0.25, -0.2) is 0 Å². The lowest BCUT2D eigenvalue weighted by Crippen LogP contribution is -2.34. The summed E-state index contributed by atoms with van der Waals surface area (Å²) >= 11 is 0. The Morgan fingerprint density at radius 3 is 2.65 bits per heavy atom. The molecule has 1 aliphatic carbocycles. The molecule has 0 aromatic heterocycles. The van der Waals surface area contributed by atoms with Gasteiger partial charge in [-0.3, -0.25) is 0 Å². The van der Waals surface area contributed by atoms with E-state index in [9.17, 15) is 0 Å². The fourth-order valence-corrected chi connectivity index (χ4v) is 3.20. The van der Waals surface area contributed by atoms with E-state index < -0.39 is 0 Å². The number of likely N-dealkylation sites (N-methyl/N-ethyl adjacent to an activating group) is 1. The highest BCUT2D eigenvalue weighted by molar-refractivity contribution is 5.26. The van der Waals surface area contributed by atoms with Crippen LogP contribution in [0.4, 0.5) is 0 Å². The molecule has 17 heavy (non-hydrogen) atoms. The van der Waals surface area contributed by atoms with Crippen molar-refractivity contribution in [1.82, 2.24) is 5.32 Å². The summed E-state index contributed by atoms with van der Waals surface area (Å²) < 4.78 is 0. The van der Waals surface area contributed by atoms with Gasteiger partial charge in [-0.1, -0.05) is 37.6 Å². The van der Waals surface area contributed by atoms with Crippen molar-refractivity contribution in [3.8, 4) is 0 Å². The zero-order valence-corrected chi connectivity index (χ0v) is 11.4. The standard InChI is InChI=1S/C16H25N/c1-12-8-9-15(10-12)16(17-3)11-14-7-5-4-6-13(14)2/h4-7,12,15-17H,8-11H2,1-3H3. The van der Waals surface area contributed by atoms with E-state index >= 15 is 0 Å². The molecule has 0 bridgehead atoms. The molecule has 1 heteroatoms. The first-order chi connectivity index (χ1) is 8.20. The summed E-state index contributed by atoms with van der Waals surface area (Å²) in [7, 11) is 2.12. The highest BCUT2D eigenvalue weighted by Crippen LogP contribution is 2.33. The van der Waals surface area contributed by atoms with Crippen LogP contribution in [0, 0.1) is 18.8 Å². The van der Waals surface area contributed by atoms with Crippen LogP contribution in [-0.4, -0.2) is 13.1 Å². The average Bonchev–Trinajstić information content (AvgIpc) is 2.75. The van der Waals surface area contributed by atoms with Crippen molar-refractivity contribution in [1.29, 1.82) is 0 Å². The molecule has 0 amide bonds. The zero-order chi connectivity index (χ0) is 12.3. The third kappa shape index (κ3) is 3.10. The number of hydrogen-bond donors (Lipinski definition) is 1. The van der Waals surface area contributed by atoms with E-state index in [-0.39, 0.29) is 0 Å². The summed E-state index contributed by atoms with van der Waals surface area (Å²) in [6.07, 6.45) is 5.40. The van der Waals surface area contributed by atoms with E-state index in [0.29, 0.717) is 6.04 Å². The molecule has 1 nitrogen and oxygen atoms in total. The Morgan fingerprint density at radius 2 is 2.06 bits per heavy atom. The fraction of sp³-hybridized carbons (Fsp3) is 0.625. The van der Waals surface area contributed by atoms with Crippen molar-refractivity contribution < 1.29 is 0 Å². The molecule has 0 radical (unpaired) electrons. The molecule has 1 aromatic carbocycles. The van der Waals surface area contributed by atoms with Gasteiger partial charge in [0.1, 0.15) is 0 Å². The maximum atomic E-state index is 3.54. The van der Waals surface area contributed by atoms with Crippen molar-refractivity contribution in [2.24, 2.45) is 11.8 Å². The number of hydrogen-bond acceptors (Lipinski definition) is 1. The second-order valence-electron chi connectivity index (χ2n) is 5.70. The van der Waals surface area contributed by atoms with Gasteiger partial charge in [0.2, 0.25) is 0 Å². The Kier molecular flexibility index (Phi) is 4.22. The maximum absolute atomic E-state index is 3.54. The minimum Gasteiger partial charge on any atom is -0.316 e. The maximum Gasteiger partial charge on any atom is 0.0133 e. The van der Waals surface area contributed by atoms with Gasteiger partial charge in [-0.15, -0.1) is 0 Å². The van der Waals surface area contributed by atoms with Crippen LogP contribution >= 0.6 is 0 Å². The number of benzene rings is 1. The van der Waals surface area contributed by atoms with Crippen LogP contribution in [0.25, 0.3) is 0 Å².